The van der Waals surface area contributed by atoms with Gasteiger partial charge in [-0.1, -0.05) is 18.2 Å². The Morgan fingerprint density at radius 2 is 1.95 bits per heavy atom. The van der Waals surface area contributed by atoms with E-state index in [2.05, 4.69) is 0 Å². The van der Waals surface area contributed by atoms with Gasteiger partial charge < -0.3 is 15.2 Å². The summed E-state index contributed by atoms with van der Waals surface area (Å²) in [5.41, 5.74) is 7.50. The molecule has 0 aliphatic carbocycles. The van der Waals surface area contributed by atoms with Gasteiger partial charge in [0.25, 0.3) is 0 Å². The second kappa shape index (κ2) is 6.10. The fourth-order valence-electron chi connectivity index (χ4n) is 1.78. The summed E-state index contributed by atoms with van der Waals surface area (Å²) in [4.78, 5) is 11.8. The SMILES string of the molecule is CCOC(=O)c1cc(Oc2ccccc2C)ccc1N. The van der Waals surface area contributed by atoms with Crippen LogP contribution >= 0.6 is 0 Å². The maximum atomic E-state index is 11.8. The zero-order chi connectivity index (χ0) is 14.5. The van der Waals surface area contributed by atoms with Crippen LogP contribution in [0, 0.1) is 6.92 Å². The summed E-state index contributed by atoms with van der Waals surface area (Å²) in [5, 5.41) is 0. The van der Waals surface area contributed by atoms with Crippen molar-refractivity contribution in [3.8, 4) is 11.5 Å². The first-order valence-corrected chi connectivity index (χ1v) is 6.42. The van der Waals surface area contributed by atoms with Crippen molar-refractivity contribution in [2.24, 2.45) is 0 Å². The highest BCUT2D eigenvalue weighted by molar-refractivity contribution is 5.95. The molecule has 4 nitrogen and oxygen atoms in total. The van der Waals surface area contributed by atoms with Gasteiger partial charge in [-0.25, -0.2) is 4.79 Å². The summed E-state index contributed by atoms with van der Waals surface area (Å²) >= 11 is 0. The molecular weight excluding hydrogens is 254 g/mol. The number of aryl methyl sites for hydroxylation is 1. The monoisotopic (exact) mass is 271 g/mol. The highest BCUT2D eigenvalue weighted by Gasteiger charge is 2.12. The molecule has 0 fully saturated rings. The number of para-hydroxylation sites is 1. The summed E-state index contributed by atoms with van der Waals surface area (Å²) < 4.78 is 10.7. The number of anilines is 1. The molecule has 0 spiro atoms. The number of nitrogen functional groups attached to an aromatic ring is 1. The van der Waals surface area contributed by atoms with Gasteiger partial charge >= 0.3 is 5.97 Å². The molecule has 104 valence electrons. The summed E-state index contributed by atoms with van der Waals surface area (Å²) in [6.45, 7) is 4.02. The minimum atomic E-state index is -0.444. The van der Waals surface area contributed by atoms with Crippen molar-refractivity contribution in [1.29, 1.82) is 0 Å². The number of rotatable bonds is 4. The van der Waals surface area contributed by atoms with Gasteiger partial charge in [-0.15, -0.1) is 0 Å². The van der Waals surface area contributed by atoms with E-state index >= 15 is 0 Å². The van der Waals surface area contributed by atoms with E-state index in [1.165, 1.54) is 0 Å². The minimum Gasteiger partial charge on any atom is -0.462 e. The first-order valence-electron chi connectivity index (χ1n) is 6.42. The maximum Gasteiger partial charge on any atom is 0.340 e. The average Bonchev–Trinajstić information content (AvgIpc) is 2.43. The molecule has 0 aliphatic heterocycles. The Morgan fingerprint density at radius 3 is 2.65 bits per heavy atom. The van der Waals surface area contributed by atoms with Gasteiger partial charge in [0.2, 0.25) is 0 Å². The molecule has 0 saturated heterocycles. The summed E-state index contributed by atoms with van der Waals surface area (Å²) in [6.07, 6.45) is 0. The van der Waals surface area contributed by atoms with Crippen LogP contribution in [0.4, 0.5) is 5.69 Å². The Bertz CT molecular complexity index is 623. The van der Waals surface area contributed by atoms with Crippen LogP contribution in [0.1, 0.15) is 22.8 Å². The van der Waals surface area contributed by atoms with Gasteiger partial charge in [-0.05, 0) is 43.7 Å². The summed E-state index contributed by atoms with van der Waals surface area (Å²) in [7, 11) is 0. The number of hydrogen-bond donors (Lipinski definition) is 1. The van der Waals surface area contributed by atoms with E-state index in [1.54, 1.807) is 25.1 Å². The van der Waals surface area contributed by atoms with Crippen LogP contribution in [-0.2, 0) is 4.74 Å². The van der Waals surface area contributed by atoms with E-state index in [4.69, 9.17) is 15.2 Å². The first-order chi connectivity index (χ1) is 9.61. The second-order valence-electron chi connectivity index (χ2n) is 4.34. The normalized spacial score (nSPS) is 10.1. The third-order valence-electron chi connectivity index (χ3n) is 2.84. The van der Waals surface area contributed by atoms with Crippen LogP contribution in [0.2, 0.25) is 0 Å². The summed E-state index contributed by atoms with van der Waals surface area (Å²) in [5.74, 6) is 0.851. The summed E-state index contributed by atoms with van der Waals surface area (Å²) in [6, 6.07) is 12.6. The molecule has 0 unspecified atom stereocenters. The molecule has 0 bridgehead atoms. The molecule has 0 aliphatic rings. The highest BCUT2D eigenvalue weighted by Crippen LogP contribution is 2.27. The van der Waals surface area contributed by atoms with Crippen molar-refractivity contribution in [1.82, 2.24) is 0 Å². The largest absolute Gasteiger partial charge is 0.462 e. The Kier molecular flexibility index (Phi) is 4.25. The third-order valence-corrected chi connectivity index (χ3v) is 2.84. The lowest BCUT2D eigenvalue weighted by Gasteiger charge is -2.11. The van der Waals surface area contributed by atoms with Crippen LogP contribution in [0.15, 0.2) is 42.5 Å². The van der Waals surface area contributed by atoms with Crippen molar-refractivity contribution >= 4 is 11.7 Å². The molecule has 2 N–H and O–H groups in total. The van der Waals surface area contributed by atoms with Crippen molar-refractivity contribution < 1.29 is 14.3 Å². The molecule has 0 heterocycles. The molecule has 4 heteroatoms. The minimum absolute atomic E-state index is 0.307. The highest BCUT2D eigenvalue weighted by atomic mass is 16.5. The number of nitrogens with two attached hydrogens (primary N) is 1. The van der Waals surface area contributed by atoms with Crippen LogP contribution in [-0.4, -0.2) is 12.6 Å². The smallest absolute Gasteiger partial charge is 0.340 e. The van der Waals surface area contributed by atoms with Crippen LogP contribution in [0.3, 0.4) is 0 Å². The topological polar surface area (TPSA) is 61.5 Å². The lowest BCUT2D eigenvalue weighted by molar-refractivity contribution is 0.0527. The van der Waals surface area contributed by atoms with Crippen molar-refractivity contribution in [2.75, 3.05) is 12.3 Å². The fourth-order valence-corrected chi connectivity index (χ4v) is 1.78. The quantitative estimate of drug-likeness (QED) is 0.682. The van der Waals surface area contributed by atoms with E-state index in [1.807, 2.05) is 31.2 Å². The molecule has 20 heavy (non-hydrogen) atoms. The standard InChI is InChI=1S/C16H17NO3/c1-3-19-16(18)13-10-12(8-9-14(13)17)20-15-7-5-4-6-11(15)2/h4-10H,3,17H2,1-2H3. The Morgan fingerprint density at radius 1 is 1.20 bits per heavy atom. The van der Waals surface area contributed by atoms with Gasteiger partial charge in [-0.3, -0.25) is 0 Å². The molecule has 2 rings (SSSR count). The van der Waals surface area contributed by atoms with Crippen molar-refractivity contribution in [3.05, 3.63) is 53.6 Å². The lowest BCUT2D eigenvalue weighted by Crippen LogP contribution is -2.08. The Labute approximate surface area is 118 Å². The van der Waals surface area contributed by atoms with Crippen LogP contribution < -0.4 is 10.5 Å². The Hall–Kier alpha value is -2.49. The van der Waals surface area contributed by atoms with Crippen molar-refractivity contribution in [2.45, 2.75) is 13.8 Å². The fraction of sp³-hybridized carbons (Fsp3) is 0.188. The average molecular weight is 271 g/mol. The molecule has 0 amide bonds. The van der Waals surface area contributed by atoms with Gasteiger partial charge in [0.05, 0.1) is 12.2 Å². The molecular formula is C16H17NO3. The zero-order valence-corrected chi connectivity index (χ0v) is 11.6. The van der Waals surface area contributed by atoms with Crippen molar-refractivity contribution in [3.63, 3.8) is 0 Å². The predicted molar refractivity (Wildman–Crippen MR) is 78.1 cm³/mol. The number of esters is 1. The van der Waals surface area contributed by atoms with E-state index in [0.29, 0.717) is 23.6 Å². The number of ether oxygens (including phenoxy) is 2. The molecule has 0 aromatic heterocycles. The van der Waals surface area contributed by atoms with E-state index < -0.39 is 5.97 Å². The zero-order valence-electron chi connectivity index (χ0n) is 11.6. The van der Waals surface area contributed by atoms with Gasteiger partial charge in [-0.2, -0.15) is 0 Å². The van der Waals surface area contributed by atoms with Gasteiger partial charge in [0.1, 0.15) is 11.5 Å². The molecule has 0 saturated carbocycles. The number of benzene rings is 2. The predicted octanol–water partition coefficient (Wildman–Crippen LogP) is 3.55. The van der Waals surface area contributed by atoms with Crippen LogP contribution in [0.5, 0.6) is 11.5 Å². The number of hydrogen-bond acceptors (Lipinski definition) is 4. The van der Waals surface area contributed by atoms with Gasteiger partial charge in [0.15, 0.2) is 0 Å². The molecule has 2 aromatic rings. The maximum absolute atomic E-state index is 11.8. The first kappa shape index (κ1) is 13.9. The number of carbonyl (C=O) groups is 1. The third kappa shape index (κ3) is 3.09. The molecule has 0 atom stereocenters. The lowest BCUT2D eigenvalue weighted by atomic mass is 10.1. The van der Waals surface area contributed by atoms with E-state index in [9.17, 15) is 4.79 Å². The number of carbonyl (C=O) groups excluding carboxylic acids is 1. The van der Waals surface area contributed by atoms with E-state index in [0.717, 1.165) is 11.3 Å². The van der Waals surface area contributed by atoms with Gasteiger partial charge in [0, 0.05) is 5.69 Å². The van der Waals surface area contributed by atoms with Crippen LogP contribution in [0.25, 0.3) is 0 Å². The Balaban J connectivity index is 2.28. The molecule has 0 radical (unpaired) electrons. The van der Waals surface area contributed by atoms with E-state index in [-0.39, 0.29) is 0 Å². The second-order valence-corrected chi connectivity index (χ2v) is 4.34. The molecule has 2 aromatic carbocycles.